The first-order valence-corrected chi connectivity index (χ1v) is 13.7. The summed E-state index contributed by atoms with van der Waals surface area (Å²) in [6.07, 6.45) is 0. The van der Waals surface area contributed by atoms with Gasteiger partial charge in [0.25, 0.3) is 17.3 Å². The normalized spacial score (nSPS) is 14.7. The van der Waals surface area contributed by atoms with Gasteiger partial charge in [-0.3, -0.25) is 29.9 Å². The molecule has 0 radical (unpaired) electrons. The number of hydrogen-bond acceptors (Lipinski definition) is 10. The molecular formula is C29H26N4O8S. The van der Waals surface area contributed by atoms with Crippen LogP contribution in [0.15, 0.2) is 89.1 Å². The minimum absolute atomic E-state index is 0.0430. The first kappa shape index (κ1) is 29.9. The first-order valence-electron chi connectivity index (χ1n) is 12.7. The van der Waals surface area contributed by atoms with Gasteiger partial charge in [0.15, 0.2) is 5.17 Å². The van der Waals surface area contributed by atoms with E-state index in [9.17, 15) is 29.8 Å². The van der Waals surface area contributed by atoms with E-state index in [2.05, 4.69) is 4.99 Å². The van der Waals surface area contributed by atoms with Crippen LogP contribution < -0.4 is 4.74 Å². The van der Waals surface area contributed by atoms with E-state index in [0.29, 0.717) is 17.1 Å². The molecule has 1 amide bonds. The van der Waals surface area contributed by atoms with Crippen LogP contribution in [-0.4, -0.2) is 45.5 Å². The van der Waals surface area contributed by atoms with E-state index >= 15 is 0 Å². The van der Waals surface area contributed by atoms with Gasteiger partial charge in [0.1, 0.15) is 5.75 Å². The van der Waals surface area contributed by atoms with Crippen molar-refractivity contribution in [2.24, 2.45) is 4.99 Å². The lowest BCUT2D eigenvalue weighted by Crippen LogP contribution is -2.43. The Labute approximate surface area is 244 Å². The Hall–Kier alpha value is -5.04. The van der Waals surface area contributed by atoms with E-state index in [4.69, 9.17) is 9.47 Å². The van der Waals surface area contributed by atoms with E-state index < -0.39 is 27.8 Å². The Morgan fingerprint density at radius 3 is 2.24 bits per heavy atom. The average molecular weight is 591 g/mol. The topological polar surface area (TPSA) is 154 Å². The van der Waals surface area contributed by atoms with Crippen LogP contribution >= 0.6 is 11.8 Å². The van der Waals surface area contributed by atoms with Crippen molar-refractivity contribution in [1.82, 2.24) is 4.90 Å². The van der Waals surface area contributed by atoms with Crippen molar-refractivity contribution in [3.63, 3.8) is 0 Å². The van der Waals surface area contributed by atoms with Crippen LogP contribution in [-0.2, 0) is 15.3 Å². The fourth-order valence-electron chi connectivity index (χ4n) is 4.33. The molecule has 3 aromatic rings. The van der Waals surface area contributed by atoms with Crippen LogP contribution in [0.5, 0.6) is 5.75 Å². The number of benzene rings is 3. The highest BCUT2D eigenvalue weighted by Crippen LogP contribution is 2.40. The average Bonchev–Trinajstić information content (AvgIpc) is 2.99. The van der Waals surface area contributed by atoms with E-state index in [1.165, 1.54) is 59.1 Å². The van der Waals surface area contributed by atoms with Crippen LogP contribution in [0.1, 0.15) is 41.4 Å². The van der Waals surface area contributed by atoms with Gasteiger partial charge in [-0.25, -0.2) is 9.79 Å². The number of nitro groups is 2. The Balaban J connectivity index is 1.86. The van der Waals surface area contributed by atoms with Crippen LogP contribution in [0, 0.1) is 20.2 Å². The summed E-state index contributed by atoms with van der Waals surface area (Å²) in [7, 11) is 1.56. The van der Waals surface area contributed by atoms with E-state index in [-0.39, 0.29) is 40.0 Å². The Morgan fingerprint density at radius 1 is 0.976 bits per heavy atom. The van der Waals surface area contributed by atoms with Crippen LogP contribution in [0.3, 0.4) is 0 Å². The number of amides is 1. The number of aliphatic imine (C=N–C) groups is 1. The highest BCUT2D eigenvalue weighted by molar-refractivity contribution is 8.13. The molecule has 0 fully saturated rings. The number of allylic oxidation sites excluding steroid dienone is 1. The first-order chi connectivity index (χ1) is 20.1. The summed E-state index contributed by atoms with van der Waals surface area (Å²) in [5, 5.41) is 23.1. The van der Waals surface area contributed by atoms with Crippen molar-refractivity contribution in [2.75, 3.05) is 13.7 Å². The number of carbonyl (C=O) groups excluding carboxylic acids is 2. The molecule has 3 aromatic carbocycles. The second-order valence-electron chi connectivity index (χ2n) is 8.98. The molecule has 0 bridgehead atoms. The van der Waals surface area contributed by atoms with Crippen molar-refractivity contribution in [1.29, 1.82) is 0 Å². The van der Waals surface area contributed by atoms with Crippen molar-refractivity contribution in [3.05, 3.63) is 121 Å². The smallest absolute Gasteiger partial charge is 0.338 e. The summed E-state index contributed by atoms with van der Waals surface area (Å²) in [6.45, 7) is 3.30. The third-order valence-corrected chi connectivity index (χ3v) is 7.38. The van der Waals surface area contributed by atoms with Gasteiger partial charge >= 0.3 is 5.97 Å². The number of rotatable bonds is 9. The molecule has 0 spiro atoms. The molecule has 0 aliphatic carbocycles. The number of methoxy groups -OCH3 is 1. The summed E-state index contributed by atoms with van der Waals surface area (Å²) < 4.78 is 10.5. The zero-order chi connectivity index (χ0) is 30.4. The van der Waals surface area contributed by atoms with Gasteiger partial charge in [0.2, 0.25) is 0 Å². The highest BCUT2D eigenvalue weighted by atomic mass is 32.2. The minimum Gasteiger partial charge on any atom is -0.497 e. The summed E-state index contributed by atoms with van der Waals surface area (Å²) >= 11 is 1.23. The molecule has 1 heterocycles. The molecule has 13 heteroatoms. The molecule has 1 unspecified atom stereocenters. The number of non-ortho nitro benzene ring substituents is 2. The maximum atomic E-state index is 14.2. The zero-order valence-corrected chi connectivity index (χ0v) is 23.7. The van der Waals surface area contributed by atoms with Crippen LogP contribution in [0.4, 0.5) is 11.4 Å². The molecule has 0 aromatic heterocycles. The number of esters is 1. The van der Waals surface area contributed by atoms with Gasteiger partial charge in [-0.1, -0.05) is 36.0 Å². The quantitative estimate of drug-likeness (QED) is 0.170. The van der Waals surface area contributed by atoms with E-state index in [1.54, 1.807) is 39.2 Å². The molecule has 4 rings (SSSR count). The number of carbonyl (C=O) groups is 2. The standard InChI is InChI=1S/C29H26N4O8S/c1-4-41-28(35)25-18(2)30-29(42-17-19-8-14-24(40-3)15-9-19)31(26(25)21-6-5-7-23(16-21)33(38)39)27(34)20-10-12-22(13-11-20)32(36)37/h5-16,26H,4,17H2,1-3H3. The SMILES string of the molecule is CCOC(=O)C1=C(C)N=C(SCc2ccc(OC)cc2)N(C(=O)c2ccc([N+](=O)[O-])cc2)C1c1cccc([N+](=O)[O-])c1. The molecule has 0 saturated carbocycles. The minimum atomic E-state index is -1.14. The molecule has 0 N–H and O–H groups in total. The van der Waals surface area contributed by atoms with Gasteiger partial charge in [-0.15, -0.1) is 0 Å². The predicted molar refractivity (Wildman–Crippen MR) is 156 cm³/mol. The predicted octanol–water partition coefficient (Wildman–Crippen LogP) is 5.84. The zero-order valence-electron chi connectivity index (χ0n) is 22.9. The number of amidine groups is 1. The van der Waals surface area contributed by atoms with Crippen molar-refractivity contribution >= 4 is 40.2 Å². The summed E-state index contributed by atoms with van der Waals surface area (Å²) in [5.41, 5.74) is 1.18. The largest absolute Gasteiger partial charge is 0.497 e. The molecular weight excluding hydrogens is 564 g/mol. The molecule has 42 heavy (non-hydrogen) atoms. The van der Waals surface area contributed by atoms with Gasteiger partial charge in [0.05, 0.1) is 40.9 Å². The number of thioether (sulfide) groups is 1. The number of hydrogen-bond donors (Lipinski definition) is 0. The maximum Gasteiger partial charge on any atom is 0.338 e. The number of nitro benzene ring substituents is 2. The van der Waals surface area contributed by atoms with E-state index in [0.717, 1.165) is 5.56 Å². The third-order valence-electron chi connectivity index (χ3n) is 6.35. The molecule has 216 valence electrons. The van der Waals surface area contributed by atoms with Crippen molar-refractivity contribution in [2.45, 2.75) is 25.6 Å². The molecule has 0 saturated heterocycles. The molecule has 1 aliphatic rings. The fourth-order valence-corrected chi connectivity index (χ4v) is 5.34. The third kappa shape index (κ3) is 6.47. The number of ether oxygens (including phenoxy) is 2. The second-order valence-corrected chi connectivity index (χ2v) is 9.93. The molecule has 12 nitrogen and oxygen atoms in total. The molecule has 1 atom stereocenters. The van der Waals surface area contributed by atoms with Gasteiger partial charge in [0, 0.05) is 35.6 Å². The van der Waals surface area contributed by atoms with Crippen molar-refractivity contribution < 1.29 is 28.9 Å². The summed E-state index contributed by atoms with van der Waals surface area (Å²) in [4.78, 5) is 55.0. The van der Waals surface area contributed by atoms with Gasteiger partial charge in [-0.2, -0.15) is 0 Å². The Morgan fingerprint density at radius 2 is 1.64 bits per heavy atom. The Kier molecular flexibility index (Phi) is 9.32. The lowest BCUT2D eigenvalue weighted by molar-refractivity contribution is -0.385. The van der Waals surface area contributed by atoms with E-state index in [1.807, 2.05) is 12.1 Å². The number of nitrogens with zero attached hydrogens (tertiary/aromatic N) is 4. The Bertz CT molecular complexity index is 1590. The summed E-state index contributed by atoms with van der Waals surface area (Å²) in [5.74, 6) is -0.277. The van der Waals surface area contributed by atoms with Crippen molar-refractivity contribution in [3.8, 4) is 5.75 Å². The highest BCUT2D eigenvalue weighted by Gasteiger charge is 2.41. The van der Waals surface area contributed by atoms with Gasteiger partial charge in [-0.05, 0) is 49.2 Å². The fraction of sp³-hybridized carbons (Fsp3) is 0.207. The lowest BCUT2D eigenvalue weighted by atomic mass is 9.93. The molecule has 1 aliphatic heterocycles. The maximum absolute atomic E-state index is 14.2. The van der Waals surface area contributed by atoms with Crippen LogP contribution in [0.25, 0.3) is 0 Å². The van der Waals surface area contributed by atoms with Gasteiger partial charge < -0.3 is 9.47 Å². The monoisotopic (exact) mass is 590 g/mol. The second kappa shape index (κ2) is 13.1. The van der Waals surface area contributed by atoms with Crippen LogP contribution in [0.2, 0.25) is 0 Å². The summed E-state index contributed by atoms with van der Waals surface area (Å²) in [6, 6.07) is 16.9. The lowest BCUT2D eigenvalue weighted by Gasteiger charge is -2.36.